The molecule has 0 spiro atoms. The van der Waals surface area contributed by atoms with E-state index in [2.05, 4.69) is 4.74 Å². The van der Waals surface area contributed by atoms with Gasteiger partial charge in [0, 0.05) is 5.56 Å². The molecule has 2 nitrogen and oxygen atoms in total. The van der Waals surface area contributed by atoms with Crippen molar-refractivity contribution in [3.8, 4) is 16.9 Å². The molecule has 0 radical (unpaired) electrons. The molecule has 0 fully saturated rings. The summed E-state index contributed by atoms with van der Waals surface area (Å²) in [4.78, 5) is 11.4. The SMILES string of the molecule is O=C(Cl)c1cc(C(F)(F)F)ccc1-c1ccc(OC(F)(F)F)cc1. The first-order valence-electron chi connectivity index (χ1n) is 6.24. The van der Waals surface area contributed by atoms with Crippen molar-refractivity contribution in [2.24, 2.45) is 0 Å². The van der Waals surface area contributed by atoms with E-state index in [1.165, 1.54) is 12.1 Å². The van der Waals surface area contributed by atoms with Gasteiger partial charge in [0.05, 0.1) is 5.56 Å². The average molecular weight is 369 g/mol. The van der Waals surface area contributed by atoms with Gasteiger partial charge in [0.2, 0.25) is 0 Å². The van der Waals surface area contributed by atoms with E-state index < -0.39 is 34.7 Å². The third kappa shape index (κ3) is 4.41. The number of carbonyl (C=O) groups is 1. The summed E-state index contributed by atoms with van der Waals surface area (Å²) in [7, 11) is 0. The number of benzene rings is 2. The first-order chi connectivity index (χ1) is 11.0. The van der Waals surface area contributed by atoms with Crippen LogP contribution in [0.2, 0.25) is 0 Å². The molecule has 0 aromatic heterocycles. The van der Waals surface area contributed by atoms with Crippen molar-refractivity contribution in [1.82, 2.24) is 0 Å². The highest BCUT2D eigenvalue weighted by atomic mass is 35.5. The Morgan fingerprint density at radius 1 is 0.917 bits per heavy atom. The van der Waals surface area contributed by atoms with E-state index >= 15 is 0 Å². The fraction of sp³-hybridized carbons (Fsp3) is 0.133. The van der Waals surface area contributed by atoms with E-state index in [1.54, 1.807) is 0 Å². The third-order valence-corrected chi connectivity index (χ3v) is 3.16. The van der Waals surface area contributed by atoms with Gasteiger partial charge in [-0.2, -0.15) is 13.2 Å². The summed E-state index contributed by atoms with van der Waals surface area (Å²) in [6, 6.07) is 6.66. The predicted octanol–water partition coefficient (Wildman–Crippen LogP) is 5.65. The van der Waals surface area contributed by atoms with Crippen molar-refractivity contribution >= 4 is 16.8 Å². The zero-order valence-corrected chi connectivity index (χ0v) is 12.3. The number of hydrogen-bond donors (Lipinski definition) is 0. The number of hydrogen-bond acceptors (Lipinski definition) is 2. The molecule has 9 heteroatoms. The molecule has 0 bridgehead atoms. The average Bonchev–Trinajstić information content (AvgIpc) is 2.45. The Morgan fingerprint density at radius 2 is 1.50 bits per heavy atom. The molecule has 0 aliphatic rings. The van der Waals surface area contributed by atoms with Crippen LogP contribution in [0.25, 0.3) is 11.1 Å². The quantitative estimate of drug-likeness (QED) is 0.517. The summed E-state index contributed by atoms with van der Waals surface area (Å²) in [5.74, 6) is -0.503. The lowest BCUT2D eigenvalue weighted by atomic mass is 9.98. The van der Waals surface area contributed by atoms with Gasteiger partial charge in [0.25, 0.3) is 5.24 Å². The topological polar surface area (TPSA) is 26.3 Å². The number of ether oxygens (including phenoxy) is 1. The van der Waals surface area contributed by atoms with Crippen LogP contribution < -0.4 is 4.74 Å². The number of carbonyl (C=O) groups excluding carboxylic acids is 1. The maximum Gasteiger partial charge on any atom is 0.573 e. The molecule has 0 heterocycles. The maximum absolute atomic E-state index is 12.7. The molecule has 0 amide bonds. The number of rotatable bonds is 3. The van der Waals surface area contributed by atoms with Crippen LogP contribution in [-0.2, 0) is 6.18 Å². The lowest BCUT2D eigenvalue weighted by molar-refractivity contribution is -0.274. The molecule has 0 aliphatic heterocycles. The van der Waals surface area contributed by atoms with E-state index in [0.29, 0.717) is 6.07 Å². The van der Waals surface area contributed by atoms with Gasteiger partial charge in [-0.1, -0.05) is 18.2 Å². The zero-order valence-electron chi connectivity index (χ0n) is 11.5. The second kappa shape index (κ2) is 6.35. The predicted molar refractivity (Wildman–Crippen MR) is 73.7 cm³/mol. The molecule has 0 saturated carbocycles. The van der Waals surface area contributed by atoms with Gasteiger partial charge in [0.1, 0.15) is 5.75 Å². The molecule has 24 heavy (non-hydrogen) atoms. The third-order valence-electron chi connectivity index (χ3n) is 2.96. The van der Waals surface area contributed by atoms with E-state index in [1.807, 2.05) is 0 Å². The van der Waals surface area contributed by atoms with Gasteiger partial charge in [0.15, 0.2) is 0 Å². The summed E-state index contributed by atoms with van der Waals surface area (Å²) in [5, 5.41) is -1.12. The first-order valence-corrected chi connectivity index (χ1v) is 6.62. The zero-order chi connectivity index (χ0) is 18.1. The molecule has 0 aliphatic carbocycles. The summed E-state index contributed by atoms with van der Waals surface area (Å²) in [6.07, 6.45) is -9.53. The summed E-state index contributed by atoms with van der Waals surface area (Å²) < 4.78 is 78.1. The lowest BCUT2D eigenvalue weighted by Gasteiger charge is -2.13. The maximum atomic E-state index is 12.7. The van der Waals surface area contributed by atoms with Crippen LogP contribution in [0.3, 0.4) is 0 Å². The Morgan fingerprint density at radius 3 is 1.96 bits per heavy atom. The van der Waals surface area contributed by atoms with Crippen molar-refractivity contribution in [3.05, 3.63) is 53.6 Å². The Balaban J connectivity index is 2.43. The summed E-state index contributed by atoms with van der Waals surface area (Å²) >= 11 is 5.32. The second-order valence-electron chi connectivity index (χ2n) is 4.60. The van der Waals surface area contributed by atoms with Crippen LogP contribution in [0, 0.1) is 0 Å². The van der Waals surface area contributed by atoms with Crippen molar-refractivity contribution in [3.63, 3.8) is 0 Å². The lowest BCUT2D eigenvalue weighted by Crippen LogP contribution is -2.16. The number of halogens is 7. The molecule has 0 saturated heterocycles. The van der Waals surface area contributed by atoms with Crippen molar-refractivity contribution in [1.29, 1.82) is 0 Å². The summed E-state index contributed by atoms with van der Waals surface area (Å²) in [5.41, 5.74) is -1.20. The molecule has 2 rings (SSSR count). The Kier molecular flexibility index (Phi) is 4.80. The molecular formula is C15H7ClF6O2. The molecule has 0 atom stereocenters. The largest absolute Gasteiger partial charge is 0.573 e. The molecule has 2 aromatic carbocycles. The van der Waals surface area contributed by atoms with Gasteiger partial charge < -0.3 is 4.74 Å². The normalized spacial score (nSPS) is 12.1. The van der Waals surface area contributed by atoms with Gasteiger partial charge in [-0.05, 0) is 47.0 Å². The van der Waals surface area contributed by atoms with Crippen LogP contribution in [0.1, 0.15) is 15.9 Å². The molecule has 128 valence electrons. The molecule has 0 unspecified atom stereocenters. The van der Waals surface area contributed by atoms with Crippen molar-refractivity contribution in [2.75, 3.05) is 0 Å². The Hall–Kier alpha value is -2.22. The highest BCUT2D eigenvalue weighted by Crippen LogP contribution is 2.35. The second-order valence-corrected chi connectivity index (χ2v) is 4.95. The molecule has 2 aromatic rings. The van der Waals surface area contributed by atoms with Crippen LogP contribution >= 0.6 is 11.6 Å². The highest BCUT2D eigenvalue weighted by Gasteiger charge is 2.32. The molecule has 0 N–H and O–H groups in total. The Bertz CT molecular complexity index is 750. The van der Waals surface area contributed by atoms with Crippen LogP contribution in [-0.4, -0.2) is 11.6 Å². The van der Waals surface area contributed by atoms with Gasteiger partial charge in [-0.25, -0.2) is 0 Å². The number of alkyl halides is 6. The van der Waals surface area contributed by atoms with Crippen molar-refractivity contribution in [2.45, 2.75) is 12.5 Å². The van der Waals surface area contributed by atoms with Crippen LogP contribution in [0.15, 0.2) is 42.5 Å². The van der Waals surface area contributed by atoms with Gasteiger partial charge >= 0.3 is 12.5 Å². The van der Waals surface area contributed by atoms with Crippen LogP contribution in [0.5, 0.6) is 5.75 Å². The Labute approximate surface area is 136 Å². The summed E-state index contributed by atoms with van der Waals surface area (Å²) in [6.45, 7) is 0. The minimum atomic E-state index is -4.87. The fourth-order valence-corrected chi connectivity index (χ4v) is 2.13. The van der Waals surface area contributed by atoms with Gasteiger partial charge in [-0.3, -0.25) is 4.79 Å². The van der Waals surface area contributed by atoms with Gasteiger partial charge in [-0.15, -0.1) is 13.2 Å². The van der Waals surface area contributed by atoms with E-state index in [9.17, 15) is 31.1 Å². The van der Waals surface area contributed by atoms with E-state index in [4.69, 9.17) is 11.6 Å². The molecular weight excluding hydrogens is 362 g/mol. The minimum absolute atomic E-state index is 0.0570. The standard InChI is InChI=1S/C15H7ClF6O2/c16-13(23)12-7-9(14(17,18)19)3-6-11(12)8-1-4-10(5-2-8)24-15(20,21)22/h1-7H. The fourth-order valence-electron chi connectivity index (χ4n) is 1.97. The smallest absolute Gasteiger partial charge is 0.406 e. The van der Waals surface area contributed by atoms with E-state index in [0.717, 1.165) is 24.3 Å². The first kappa shape index (κ1) is 18.1. The van der Waals surface area contributed by atoms with Crippen LogP contribution in [0.4, 0.5) is 26.3 Å². The highest BCUT2D eigenvalue weighted by molar-refractivity contribution is 6.68. The monoisotopic (exact) mass is 368 g/mol. The minimum Gasteiger partial charge on any atom is -0.406 e. The van der Waals surface area contributed by atoms with Crippen molar-refractivity contribution < 1.29 is 35.9 Å². The van der Waals surface area contributed by atoms with E-state index in [-0.39, 0.29) is 11.1 Å².